The van der Waals surface area contributed by atoms with E-state index in [4.69, 9.17) is 21.4 Å². The van der Waals surface area contributed by atoms with Crippen LogP contribution >= 0.6 is 11.6 Å². The Morgan fingerprint density at radius 1 is 1.17 bits per heavy atom. The lowest BCUT2D eigenvalue weighted by Gasteiger charge is -2.10. The molecule has 1 N–H and O–H groups in total. The summed E-state index contributed by atoms with van der Waals surface area (Å²) in [5, 5.41) is 9.45. The van der Waals surface area contributed by atoms with Gasteiger partial charge in [0.15, 0.2) is 0 Å². The molecule has 3 nitrogen and oxygen atoms in total. The molecule has 94 valence electrons. The third kappa shape index (κ3) is 3.45. The summed E-state index contributed by atoms with van der Waals surface area (Å²) in [5.74, 6) is 0.793. The molecule has 0 bridgehead atoms. The number of ether oxygens (including phenoxy) is 1. The average molecular weight is 264 g/mol. The highest BCUT2D eigenvalue weighted by Gasteiger charge is 2.03. The largest absolute Gasteiger partial charge is 0.489 e. The van der Waals surface area contributed by atoms with Gasteiger partial charge in [-0.15, -0.1) is 0 Å². The molecule has 0 atom stereocenters. The van der Waals surface area contributed by atoms with Crippen LogP contribution in [0.1, 0.15) is 11.1 Å². The Labute approximate surface area is 111 Å². The van der Waals surface area contributed by atoms with E-state index in [2.05, 4.69) is 4.98 Å². The Bertz CT molecular complexity index is 499. The Balaban J connectivity index is 2.03. The summed E-state index contributed by atoms with van der Waals surface area (Å²) in [6.07, 6.45) is 2.28. The van der Waals surface area contributed by atoms with Crippen LogP contribution in [-0.4, -0.2) is 16.7 Å². The van der Waals surface area contributed by atoms with Gasteiger partial charge >= 0.3 is 0 Å². The quantitative estimate of drug-likeness (QED) is 0.844. The van der Waals surface area contributed by atoms with E-state index in [1.54, 1.807) is 12.3 Å². The van der Waals surface area contributed by atoms with Crippen LogP contribution in [0.4, 0.5) is 0 Å². The first-order valence-corrected chi connectivity index (χ1v) is 6.09. The maximum Gasteiger partial charge on any atom is 0.129 e. The molecule has 0 aliphatic heterocycles. The van der Waals surface area contributed by atoms with Crippen LogP contribution < -0.4 is 4.74 Å². The predicted molar refractivity (Wildman–Crippen MR) is 70.8 cm³/mol. The van der Waals surface area contributed by atoms with E-state index in [9.17, 15) is 0 Å². The Morgan fingerprint density at radius 2 is 2.00 bits per heavy atom. The molecule has 0 saturated heterocycles. The fourth-order valence-corrected chi connectivity index (χ4v) is 1.74. The number of aliphatic hydroxyl groups is 1. The van der Waals surface area contributed by atoms with Gasteiger partial charge < -0.3 is 9.84 Å². The number of halogens is 1. The molecule has 18 heavy (non-hydrogen) atoms. The van der Waals surface area contributed by atoms with Gasteiger partial charge in [0.2, 0.25) is 0 Å². The highest BCUT2D eigenvalue weighted by atomic mass is 35.5. The van der Waals surface area contributed by atoms with Crippen molar-refractivity contribution in [2.75, 3.05) is 6.61 Å². The Kier molecular flexibility index (Phi) is 4.56. The SMILES string of the molecule is OCCc1ccccc1OCc1ccc(Cl)nc1. The molecule has 0 unspecified atom stereocenters. The zero-order valence-electron chi connectivity index (χ0n) is 9.84. The summed E-state index contributed by atoms with van der Waals surface area (Å²) >= 11 is 5.72. The number of aliphatic hydroxyl groups excluding tert-OH is 1. The molecule has 0 amide bonds. The molecule has 1 heterocycles. The lowest BCUT2D eigenvalue weighted by molar-refractivity contribution is 0.284. The Hall–Kier alpha value is -1.58. The van der Waals surface area contributed by atoms with E-state index in [1.807, 2.05) is 30.3 Å². The second-order valence-corrected chi connectivity index (χ2v) is 4.25. The van der Waals surface area contributed by atoms with Crippen LogP contribution in [0.3, 0.4) is 0 Å². The maximum atomic E-state index is 8.98. The summed E-state index contributed by atoms with van der Waals surface area (Å²) in [7, 11) is 0. The van der Waals surface area contributed by atoms with Crippen molar-refractivity contribution in [2.45, 2.75) is 13.0 Å². The van der Waals surface area contributed by atoms with Crippen LogP contribution in [0.5, 0.6) is 5.75 Å². The van der Waals surface area contributed by atoms with Crippen molar-refractivity contribution in [3.63, 3.8) is 0 Å². The minimum absolute atomic E-state index is 0.114. The van der Waals surface area contributed by atoms with Crippen molar-refractivity contribution >= 4 is 11.6 Å². The predicted octanol–water partition coefficient (Wildman–Crippen LogP) is 2.85. The molecule has 0 aliphatic carbocycles. The van der Waals surface area contributed by atoms with E-state index < -0.39 is 0 Å². The first-order chi connectivity index (χ1) is 8.79. The maximum absolute atomic E-state index is 8.98. The van der Waals surface area contributed by atoms with Crippen molar-refractivity contribution in [2.24, 2.45) is 0 Å². The van der Waals surface area contributed by atoms with Gasteiger partial charge in [0, 0.05) is 18.4 Å². The number of hydrogen-bond donors (Lipinski definition) is 1. The molecular weight excluding hydrogens is 250 g/mol. The number of benzene rings is 1. The number of rotatable bonds is 5. The van der Waals surface area contributed by atoms with E-state index in [-0.39, 0.29) is 6.61 Å². The molecule has 1 aromatic heterocycles. The Morgan fingerprint density at radius 3 is 2.72 bits per heavy atom. The van der Waals surface area contributed by atoms with Crippen LogP contribution in [0, 0.1) is 0 Å². The number of pyridine rings is 1. The zero-order valence-corrected chi connectivity index (χ0v) is 10.6. The normalized spacial score (nSPS) is 10.3. The van der Waals surface area contributed by atoms with Gasteiger partial charge in [0.05, 0.1) is 0 Å². The highest BCUT2D eigenvalue weighted by Crippen LogP contribution is 2.19. The van der Waals surface area contributed by atoms with Crippen LogP contribution in [-0.2, 0) is 13.0 Å². The van der Waals surface area contributed by atoms with Crippen LogP contribution in [0.25, 0.3) is 0 Å². The smallest absolute Gasteiger partial charge is 0.129 e. The van der Waals surface area contributed by atoms with Gasteiger partial charge in [-0.25, -0.2) is 4.98 Å². The van der Waals surface area contributed by atoms with Crippen molar-refractivity contribution in [1.29, 1.82) is 0 Å². The molecular formula is C14H14ClNO2. The standard InChI is InChI=1S/C14H14ClNO2/c15-14-6-5-11(9-16-14)10-18-13-4-2-1-3-12(13)7-8-17/h1-6,9,17H,7-8,10H2. The molecule has 0 spiro atoms. The van der Waals surface area contributed by atoms with Crippen molar-refractivity contribution < 1.29 is 9.84 Å². The minimum Gasteiger partial charge on any atom is -0.489 e. The van der Waals surface area contributed by atoms with Gasteiger partial charge in [-0.1, -0.05) is 35.9 Å². The summed E-state index contributed by atoms with van der Waals surface area (Å²) in [6, 6.07) is 11.3. The summed E-state index contributed by atoms with van der Waals surface area (Å²) in [5.41, 5.74) is 1.96. The molecule has 1 aromatic carbocycles. The number of aromatic nitrogens is 1. The molecule has 0 fully saturated rings. The second-order valence-electron chi connectivity index (χ2n) is 3.86. The van der Waals surface area contributed by atoms with Gasteiger partial charge in [-0.05, 0) is 24.1 Å². The van der Waals surface area contributed by atoms with Crippen LogP contribution in [0.15, 0.2) is 42.6 Å². The highest BCUT2D eigenvalue weighted by molar-refractivity contribution is 6.29. The van der Waals surface area contributed by atoms with Gasteiger partial charge in [-0.2, -0.15) is 0 Å². The lowest BCUT2D eigenvalue weighted by atomic mass is 10.1. The first-order valence-electron chi connectivity index (χ1n) is 5.71. The van der Waals surface area contributed by atoms with E-state index in [0.717, 1.165) is 16.9 Å². The van der Waals surface area contributed by atoms with E-state index in [0.29, 0.717) is 18.2 Å². The third-order valence-electron chi connectivity index (χ3n) is 2.54. The van der Waals surface area contributed by atoms with Crippen molar-refractivity contribution in [3.05, 3.63) is 58.9 Å². The summed E-state index contributed by atoms with van der Waals surface area (Å²) in [4.78, 5) is 4.00. The molecule has 0 aliphatic rings. The van der Waals surface area contributed by atoms with Gasteiger partial charge in [-0.3, -0.25) is 0 Å². The number of hydrogen-bond acceptors (Lipinski definition) is 3. The van der Waals surface area contributed by atoms with E-state index >= 15 is 0 Å². The molecule has 0 saturated carbocycles. The van der Waals surface area contributed by atoms with Crippen molar-refractivity contribution in [1.82, 2.24) is 4.98 Å². The third-order valence-corrected chi connectivity index (χ3v) is 2.76. The molecule has 0 radical (unpaired) electrons. The van der Waals surface area contributed by atoms with Gasteiger partial charge in [0.25, 0.3) is 0 Å². The lowest BCUT2D eigenvalue weighted by Crippen LogP contribution is -2.00. The number of para-hydroxylation sites is 1. The second kappa shape index (κ2) is 6.38. The average Bonchev–Trinajstić information content (AvgIpc) is 2.40. The van der Waals surface area contributed by atoms with Crippen molar-refractivity contribution in [3.8, 4) is 5.75 Å². The molecule has 2 aromatic rings. The van der Waals surface area contributed by atoms with Gasteiger partial charge in [0.1, 0.15) is 17.5 Å². The first kappa shape index (κ1) is 12.9. The minimum atomic E-state index is 0.114. The van der Waals surface area contributed by atoms with Crippen LogP contribution in [0.2, 0.25) is 5.15 Å². The summed E-state index contributed by atoms with van der Waals surface area (Å²) < 4.78 is 5.72. The fraction of sp³-hybridized carbons (Fsp3) is 0.214. The van der Waals surface area contributed by atoms with E-state index in [1.165, 1.54) is 0 Å². The zero-order chi connectivity index (χ0) is 12.8. The topological polar surface area (TPSA) is 42.4 Å². The fourth-order valence-electron chi connectivity index (χ4n) is 1.62. The molecule has 4 heteroatoms. The summed E-state index contributed by atoms with van der Waals surface area (Å²) in [6.45, 7) is 0.551. The monoisotopic (exact) mass is 263 g/mol. The number of nitrogens with zero attached hydrogens (tertiary/aromatic N) is 1. The molecule has 2 rings (SSSR count).